The van der Waals surface area contributed by atoms with Crippen LogP contribution in [-0.4, -0.2) is 43.9 Å². The van der Waals surface area contributed by atoms with Crippen molar-refractivity contribution in [1.82, 2.24) is 0 Å². The van der Waals surface area contributed by atoms with Crippen LogP contribution in [0.15, 0.2) is 0 Å². The van der Waals surface area contributed by atoms with Gasteiger partial charge in [0.25, 0.3) is 0 Å². The number of rotatable bonds is 7. The molecule has 2 radical (unpaired) electrons. The van der Waals surface area contributed by atoms with Gasteiger partial charge in [-0.1, -0.05) is 0 Å². The Hall–Kier alpha value is -0.213. The first-order valence-corrected chi connectivity index (χ1v) is 8.57. The molecule has 0 rings (SSSR count). The van der Waals surface area contributed by atoms with Gasteiger partial charge in [-0.25, -0.2) is 0 Å². The molecule has 138 valence electrons. The molecule has 0 aliphatic heterocycles. The van der Waals surface area contributed by atoms with Gasteiger partial charge < -0.3 is 0 Å². The second-order valence-electron chi connectivity index (χ2n) is 4.13. The Morgan fingerprint density at radius 1 is 0.565 bits per heavy atom. The fourth-order valence-electron chi connectivity index (χ4n) is 1.16. The summed E-state index contributed by atoms with van der Waals surface area (Å²) in [5.74, 6) is -36.3. The van der Waals surface area contributed by atoms with Crippen molar-refractivity contribution in [3.05, 3.63) is 0 Å². The molecule has 0 aromatic heterocycles. The highest BCUT2D eigenvalue weighted by Gasteiger charge is 2.90. The van der Waals surface area contributed by atoms with Crippen molar-refractivity contribution in [2.75, 3.05) is 0 Å². The number of hydrogen-bond acceptors (Lipinski definition) is 0. The maximum absolute atomic E-state index is 13.0. The first-order valence-electron chi connectivity index (χ1n) is 5.10. The van der Waals surface area contributed by atoms with E-state index in [-0.39, 0.29) is 0 Å². The van der Waals surface area contributed by atoms with Crippen LogP contribution in [0.1, 0.15) is 6.42 Å². The van der Waals surface area contributed by atoms with Crippen molar-refractivity contribution in [2.24, 2.45) is 0 Å². The minimum Gasteiger partial charge on any atom is -0.200 e. The zero-order valence-corrected chi connectivity index (χ0v) is 12.8. The maximum Gasteiger partial charge on any atom is 0.460 e. The molecule has 0 aromatic rings. The molecular formula is C8H4BrF13Si. The van der Waals surface area contributed by atoms with Crippen molar-refractivity contribution in [3.8, 4) is 0 Å². The van der Waals surface area contributed by atoms with Crippen LogP contribution in [0.5, 0.6) is 0 Å². The zero-order chi connectivity index (χ0) is 19.1. The Bertz CT molecular complexity index is 415. The first kappa shape index (κ1) is 22.8. The van der Waals surface area contributed by atoms with Gasteiger partial charge >= 0.3 is 35.8 Å². The van der Waals surface area contributed by atoms with Gasteiger partial charge in [-0.05, 0) is 6.04 Å². The van der Waals surface area contributed by atoms with Gasteiger partial charge in [0.15, 0.2) is 0 Å². The Kier molecular flexibility index (Phi) is 6.20. The summed E-state index contributed by atoms with van der Waals surface area (Å²) >= 11 is 2.46. The minimum atomic E-state index is -7.82. The molecular weight excluding hydrogens is 451 g/mol. The van der Waals surface area contributed by atoms with Crippen molar-refractivity contribution in [2.45, 2.75) is 48.3 Å². The summed E-state index contributed by atoms with van der Waals surface area (Å²) in [5.41, 5.74) is 0. The summed E-state index contributed by atoms with van der Waals surface area (Å²) in [6.45, 7) is 0. The number of hydrogen-bond donors (Lipinski definition) is 0. The van der Waals surface area contributed by atoms with Crippen molar-refractivity contribution in [3.63, 3.8) is 0 Å². The Morgan fingerprint density at radius 3 is 1.22 bits per heavy atom. The Labute approximate surface area is 129 Å². The first-order chi connectivity index (χ1) is 9.81. The molecule has 0 bridgehead atoms. The molecule has 0 atom stereocenters. The molecule has 23 heavy (non-hydrogen) atoms. The predicted octanol–water partition coefficient (Wildman–Crippen LogP) is 5.55. The predicted molar refractivity (Wildman–Crippen MR) is 54.9 cm³/mol. The normalized spacial score (nSPS) is 15.9. The van der Waals surface area contributed by atoms with Crippen molar-refractivity contribution < 1.29 is 57.1 Å². The van der Waals surface area contributed by atoms with Gasteiger partial charge in [0, 0.05) is 6.42 Å². The van der Waals surface area contributed by atoms with Crippen LogP contribution in [0.2, 0.25) is 6.04 Å². The average Bonchev–Trinajstić information content (AvgIpc) is 2.34. The van der Waals surface area contributed by atoms with E-state index in [9.17, 15) is 57.1 Å². The summed E-state index contributed by atoms with van der Waals surface area (Å²) in [7, 11) is -0.701. The van der Waals surface area contributed by atoms with Crippen LogP contribution in [-0.2, 0) is 0 Å². The molecule has 0 aromatic carbocycles. The van der Waals surface area contributed by atoms with Gasteiger partial charge in [0.1, 0.15) is 8.14 Å². The Balaban J connectivity index is 6.03. The highest BCUT2D eigenvalue weighted by Crippen LogP contribution is 2.60. The lowest BCUT2D eigenvalue weighted by Gasteiger charge is -2.39. The smallest absolute Gasteiger partial charge is 0.200 e. The van der Waals surface area contributed by atoms with E-state index in [0.29, 0.717) is 0 Å². The molecule has 0 aliphatic rings. The van der Waals surface area contributed by atoms with Crippen LogP contribution in [0, 0.1) is 0 Å². The van der Waals surface area contributed by atoms with E-state index in [0.717, 1.165) is 0 Å². The molecule has 0 aliphatic carbocycles. The maximum atomic E-state index is 13.0. The number of halogens is 14. The molecule has 0 saturated carbocycles. The molecule has 0 fully saturated rings. The van der Waals surface area contributed by atoms with E-state index in [1.807, 2.05) is 0 Å². The van der Waals surface area contributed by atoms with Gasteiger partial charge in [-0.2, -0.15) is 57.1 Å². The standard InChI is InChI=1S/C8H4BrF13Si/c9-23-2-1-3(10,11)4(12,13)5(14,15)6(16,17)7(18,19)8(20,21)22/h1-2H2. The molecule has 0 unspecified atom stereocenters. The third-order valence-electron chi connectivity index (χ3n) is 2.53. The largest absolute Gasteiger partial charge is 0.460 e. The van der Waals surface area contributed by atoms with Crippen LogP contribution in [0.25, 0.3) is 0 Å². The second-order valence-corrected chi connectivity index (χ2v) is 6.58. The molecule has 0 N–H and O–H groups in total. The van der Waals surface area contributed by atoms with E-state index in [2.05, 4.69) is 15.3 Å². The fraction of sp³-hybridized carbons (Fsp3) is 1.00. The third-order valence-corrected chi connectivity index (χ3v) is 4.16. The lowest BCUT2D eigenvalue weighted by molar-refractivity contribution is -0.439. The summed E-state index contributed by atoms with van der Waals surface area (Å²) in [5, 5.41) is 0. The fourth-order valence-corrected chi connectivity index (χ4v) is 2.17. The SMILES string of the molecule is FC(F)(F)C(F)(F)C(F)(F)C(F)(F)C(F)(F)C(F)(F)CC[Si]Br. The van der Waals surface area contributed by atoms with Crippen molar-refractivity contribution >= 4 is 23.4 Å². The highest BCUT2D eigenvalue weighted by atomic mass is 79.9. The minimum absolute atomic E-state index is 0.701. The Morgan fingerprint density at radius 2 is 0.913 bits per heavy atom. The quantitative estimate of drug-likeness (QED) is 0.269. The second kappa shape index (κ2) is 6.26. The van der Waals surface area contributed by atoms with E-state index < -0.39 is 56.4 Å². The van der Waals surface area contributed by atoms with Gasteiger partial charge in [-0.15, -0.1) is 15.3 Å². The third kappa shape index (κ3) is 3.44. The van der Waals surface area contributed by atoms with Gasteiger partial charge in [0.2, 0.25) is 0 Å². The monoisotopic (exact) mass is 454 g/mol. The molecule has 0 amide bonds. The van der Waals surface area contributed by atoms with Crippen LogP contribution in [0.4, 0.5) is 57.1 Å². The molecule has 0 spiro atoms. The molecule has 0 heterocycles. The van der Waals surface area contributed by atoms with Gasteiger partial charge in [0.05, 0.1) is 0 Å². The molecule has 0 nitrogen and oxygen atoms in total. The van der Waals surface area contributed by atoms with E-state index >= 15 is 0 Å². The van der Waals surface area contributed by atoms with Crippen LogP contribution in [0.3, 0.4) is 0 Å². The summed E-state index contributed by atoms with van der Waals surface area (Å²) < 4.78 is 164. The average molecular weight is 455 g/mol. The van der Waals surface area contributed by atoms with Crippen LogP contribution >= 0.6 is 15.3 Å². The molecule has 15 heteroatoms. The summed E-state index contributed by atoms with van der Waals surface area (Å²) in [6, 6.07) is -0.945. The summed E-state index contributed by atoms with van der Waals surface area (Å²) in [4.78, 5) is 0. The van der Waals surface area contributed by atoms with E-state index in [1.54, 1.807) is 0 Å². The zero-order valence-electron chi connectivity index (χ0n) is 10.2. The van der Waals surface area contributed by atoms with E-state index in [4.69, 9.17) is 0 Å². The van der Waals surface area contributed by atoms with Crippen LogP contribution < -0.4 is 0 Å². The summed E-state index contributed by atoms with van der Waals surface area (Å²) in [6.07, 6.45) is -9.52. The van der Waals surface area contributed by atoms with E-state index in [1.165, 1.54) is 0 Å². The highest BCUT2D eigenvalue weighted by molar-refractivity contribution is 9.23. The molecule has 0 saturated heterocycles. The topological polar surface area (TPSA) is 0 Å². The lowest BCUT2D eigenvalue weighted by atomic mass is 9.93. The number of alkyl halides is 13. The lowest BCUT2D eigenvalue weighted by Crippen LogP contribution is -2.70. The van der Waals surface area contributed by atoms with Crippen molar-refractivity contribution in [1.29, 1.82) is 0 Å². The van der Waals surface area contributed by atoms with Gasteiger partial charge in [-0.3, -0.25) is 0 Å².